The summed E-state index contributed by atoms with van der Waals surface area (Å²) < 4.78 is 0. The number of aromatic carboxylic acids is 2. The summed E-state index contributed by atoms with van der Waals surface area (Å²) in [5.41, 5.74) is -0.469. The average molecular weight is 430 g/mol. The molecule has 4 N–H and O–H groups in total. The summed E-state index contributed by atoms with van der Waals surface area (Å²) in [5.74, 6) is -4.09. The highest BCUT2D eigenvalue weighted by molar-refractivity contribution is 8.15. The van der Waals surface area contributed by atoms with Gasteiger partial charge in [-0.15, -0.1) is 0 Å². The van der Waals surface area contributed by atoms with E-state index < -0.39 is 34.2 Å². The van der Waals surface area contributed by atoms with Crippen LogP contribution in [0.25, 0.3) is 0 Å². The summed E-state index contributed by atoms with van der Waals surface area (Å²) in [7, 11) is 0. The van der Waals surface area contributed by atoms with Gasteiger partial charge in [0.25, 0.3) is 5.24 Å². The number of hydrogen-bond donors (Lipinski definition) is 4. The number of thioether (sulfide) groups is 1. The van der Waals surface area contributed by atoms with E-state index in [1.54, 1.807) is 0 Å². The first kappa shape index (κ1) is 20.9. The standard InChI is InChI=1S/C19H14N2O8S/c22-13-3-1-12(2-4-13)21-16(24)14(30-19(21)29)8-15(23)20-11-6-9(17(25)26)5-10(7-11)18(27)28/h1-7,14,22H,8H2,(H,20,23)(H,25,26)(H,27,28). The minimum atomic E-state index is -1.37. The van der Waals surface area contributed by atoms with Crippen molar-refractivity contribution < 1.29 is 39.3 Å². The van der Waals surface area contributed by atoms with Crippen LogP contribution in [0.2, 0.25) is 0 Å². The van der Waals surface area contributed by atoms with Crippen molar-refractivity contribution in [2.75, 3.05) is 10.2 Å². The normalized spacial score (nSPS) is 15.9. The Labute approximate surface area is 173 Å². The molecule has 3 rings (SSSR count). The van der Waals surface area contributed by atoms with Crippen molar-refractivity contribution in [2.24, 2.45) is 0 Å². The van der Waals surface area contributed by atoms with Crippen LogP contribution in [0.5, 0.6) is 5.75 Å². The van der Waals surface area contributed by atoms with Crippen LogP contribution in [0.1, 0.15) is 27.1 Å². The Morgan fingerprint density at radius 3 is 2.07 bits per heavy atom. The fourth-order valence-corrected chi connectivity index (χ4v) is 3.73. The third-order valence-electron chi connectivity index (χ3n) is 4.11. The lowest BCUT2D eigenvalue weighted by Crippen LogP contribution is -2.32. The monoisotopic (exact) mass is 430 g/mol. The molecule has 1 aliphatic heterocycles. The summed E-state index contributed by atoms with van der Waals surface area (Å²) >= 11 is 0.662. The molecule has 1 unspecified atom stereocenters. The number of anilines is 2. The van der Waals surface area contributed by atoms with Gasteiger partial charge in [-0.05, 0) is 54.2 Å². The lowest BCUT2D eigenvalue weighted by atomic mass is 10.1. The van der Waals surface area contributed by atoms with Crippen molar-refractivity contribution in [1.29, 1.82) is 0 Å². The molecule has 2 aromatic rings. The maximum atomic E-state index is 12.6. The summed E-state index contributed by atoms with van der Waals surface area (Å²) in [4.78, 5) is 60.3. The molecule has 1 fully saturated rings. The van der Waals surface area contributed by atoms with Gasteiger partial charge in [-0.3, -0.25) is 14.4 Å². The Hall–Kier alpha value is -3.86. The number of phenols is 1. The number of carbonyl (C=O) groups excluding carboxylic acids is 3. The average Bonchev–Trinajstić information content (AvgIpc) is 2.95. The molecule has 1 atom stereocenters. The van der Waals surface area contributed by atoms with E-state index in [9.17, 15) is 29.1 Å². The van der Waals surface area contributed by atoms with Crippen molar-refractivity contribution in [3.8, 4) is 5.75 Å². The zero-order valence-corrected chi connectivity index (χ0v) is 15.9. The van der Waals surface area contributed by atoms with E-state index >= 15 is 0 Å². The maximum Gasteiger partial charge on any atom is 0.335 e. The van der Waals surface area contributed by atoms with Crippen LogP contribution in [0, 0.1) is 0 Å². The van der Waals surface area contributed by atoms with E-state index in [0.29, 0.717) is 11.8 Å². The number of nitrogens with one attached hydrogen (secondary N) is 1. The Morgan fingerprint density at radius 1 is 0.967 bits per heavy atom. The quantitative estimate of drug-likeness (QED) is 0.539. The summed E-state index contributed by atoms with van der Waals surface area (Å²) in [5, 5.41) is 28.3. The topological polar surface area (TPSA) is 161 Å². The third kappa shape index (κ3) is 4.41. The van der Waals surface area contributed by atoms with Gasteiger partial charge in [0.05, 0.1) is 16.8 Å². The molecule has 3 amide bonds. The largest absolute Gasteiger partial charge is 0.508 e. The molecule has 1 saturated heterocycles. The first-order valence-corrected chi connectivity index (χ1v) is 9.29. The molecule has 0 bridgehead atoms. The number of amides is 3. The van der Waals surface area contributed by atoms with Crippen LogP contribution in [0.3, 0.4) is 0 Å². The molecule has 0 saturated carbocycles. The van der Waals surface area contributed by atoms with Gasteiger partial charge in [0.1, 0.15) is 11.0 Å². The number of carbonyl (C=O) groups is 5. The minimum absolute atomic E-state index is 0.0363. The predicted octanol–water partition coefficient (Wildman–Crippen LogP) is 2.39. The van der Waals surface area contributed by atoms with Gasteiger partial charge in [-0.25, -0.2) is 14.5 Å². The summed E-state index contributed by atoms with van der Waals surface area (Å²) in [6.07, 6.45) is -0.385. The lowest BCUT2D eigenvalue weighted by Gasteiger charge is -2.14. The van der Waals surface area contributed by atoms with Crippen molar-refractivity contribution in [3.63, 3.8) is 0 Å². The lowest BCUT2D eigenvalue weighted by molar-refractivity contribution is -0.121. The highest BCUT2D eigenvalue weighted by Crippen LogP contribution is 2.34. The van der Waals surface area contributed by atoms with Gasteiger partial charge < -0.3 is 20.6 Å². The van der Waals surface area contributed by atoms with Crippen LogP contribution in [0.15, 0.2) is 42.5 Å². The molecule has 2 aromatic carbocycles. The van der Waals surface area contributed by atoms with Gasteiger partial charge in [0, 0.05) is 12.1 Å². The number of nitrogens with zero attached hydrogens (tertiary/aromatic N) is 1. The first-order chi connectivity index (χ1) is 14.2. The van der Waals surface area contributed by atoms with Crippen LogP contribution in [-0.2, 0) is 9.59 Å². The Kier molecular flexibility index (Phi) is 5.74. The zero-order chi connectivity index (χ0) is 22.0. The fourth-order valence-electron chi connectivity index (χ4n) is 2.75. The predicted molar refractivity (Wildman–Crippen MR) is 106 cm³/mol. The molecule has 154 valence electrons. The number of benzene rings is 2. The highest BCUT2D eigenvalue weighted by Gasteiger charge is 2.41. The molecular weight excluding hydrogens is 416 g/mol. The van der Waals surface area contributed by atoms with Crippen LogP contribution < -0.4 is 10.2 Å². The molecule has 10 nitrogen and oxygen atoms in total. The Balaban J connectivity index is 1.73. The van der Waals surface area contributed by atoms with Crippen molar-refractivity contribution in [3.05, 3.63) is 53.6 Å². The number of carboxylic acid groups (broad SMARTS) is 2. The number of hydrogen-bond acceptors (Lipinski definition) is 7. The van der Waals surface area contributed by atoms with Gasteiger partial charge in [-0.2, -0.15) is 0 Å². The van der Waals surface area contributed by atoms with Crippen LogP contribution >= 0.6 is 11.8 Å². The van der Waals surface area contributed by atoms with E-state index in [2.05, 4.69) is 5.32 Å². The van der Waals surface area contributed by atoms with Gasteiger partial charge >= 0.3 is 11.9 Å². The van der Waals surface area contributed by atoms with E-state index in [4.69, 9.17) is 10.2 Å². The second kappa shape index (κ2) is 8.25. The zero-order valence-electron chi connectivity index (χ0n) is 15.1. The SMILES string of the molecule is O=C(CC1SC(=O)N(c2ccc(O)cc2)C1=O)Nc1cc(C(=O)O)cc(C(=O)O)c1. The smallest absolute Gasteiger partial charge is 0.335 e. The second-order valence-electron chi connectivity index (χ2n) is 6.22. The van der Waals surface area contributed by atoms with Gasteiger partial charge in [0.2, 0.25) is 11.8 Å². The molecule has 0 spiro atoms. The molecule has 11 heteroatoms. The van der Waals surface area contributed by atoms with Crippen LogP contribution in [-0.4, -0.2) is 49.6 Å². The Bertz CT molecular complexity index is 1030. The van der Waals surface area contributed by atoms with E-state index in [1.165, 1.54) is 24.3 Å². The van der Waals surface area contributed by atoms with E-state index in [-0.39, 0.29) is 34.7 Å². The molecule has 1 aliphatic rings. The number of aromatic hydroxyl groups is 1. The molecular formula is C19H14N2O8S. The molecule has 0 radical (unpaired) electrons. The van der Waals surface area contributed by atoms with Gasteiger partial charge in [-0.1, -0.05) is 0 Å². The van der Waals surface area contributed by atoms with E-state index in [0.717, 1.165) is 23.1 Å². The fraction of sp³-hybridized carbons (Fsp3) is 0.105. The minimum Gasteiger partial charge on any atom is -0.508 e. The highest BCUT2D eigenvalue weighted by atomic mass is 32.2. The van der Waals surface area contributed by atoms with E-state index in [1.807, 2.05) is 0 Å². The summed E-state index contributed by atoms with van der Waals surface area (Å²) in [6.45, 7) is 0. The first-order valence-electron chi connectivity index (χ1n) is 8.41. The summed E-state index contributed by atoms with van der Waals surface area (Å²) in [6, 6.07) is 8.53. The van der Waals surface area contributed by atoms with Crippen LogP contribution in [0.4, 0.5) is 16.2 Å². The second-order valence-corrected chi connectivity index (χ2v) is 7.38. The Morgan fingerprint density at radius 2 is 1.53 bits per heavy atom. The molecule has 1 heterocycles. The number of rotatable bonds is 6. The van der Waals surface area contributed by atoms with Crippen molar-refractivity contribution in [1.82, 2.24) is 0 Å². The van der Waals surface area contributed by atoms with Gasteiger partial charge in [0.15, 0.2) is 0 Å². The number of phenolic OH excluding ortho intramolecular Hbond substituents is 1. The molecule has 0 aromatic heterocycles. The van der Waals surface area contributed by atoms with Crippen molar-refractivity contribution in [2.45, 2.75) is 11.7 Å². The molecule has 30 heavy (non-hydrogen) atoms. The number of imide groups is 1. The number of carboxylic acids is 2. The molecule has 0 aliphatic carbocycles. The maximum absolute atomic E-state index is 12.6. The third-order valence-corrected chi connectivity index (χ3v) is 5.15. The van der Waals surface area contributed by atoms with Crippen molar-refractivity contribution >= 4 is 52.1 Å².